The summed E-state index contributed by atoms with van der Waals surface area (Å²) in [4.78, 5) is 10.2. The van der Waals surface area contributed by atoms with Crippen molar-refractivity contribution in [2.75, 3.05) is 36.0 Å². The molecule has 0 amide bonds. The van der Waals surface area contributed by atoms with Gasteiger partial charge in [-0.15, -0.1) is 5.10 Å². The average Bonchev–Trinajstić information content (AvgIpc) is 3.43. The molecule has 9 nitrogen and oxygen atoms in total. The fraction of sp³-hybridized carbons (Fsp3) is 0.421. The molecule has 0 atom stereocenters. The summed E-state index contributed by atoms with van der Waals surface area (Å²) in [6.45, 7) is 9.91. The fourth-order valence-corrected chi connectivity index (χ4v) is 4.33. The predicted molar refractivity (Wildman–Crippen MR) is 113 cm³/mol. The highest BCUT2D eigenvalue weighted by Gasteiger charge is 2.25. The van der Waals surface area contributed by atoms with E-state index in [2.05, 4.69) is 46.1 Å². The molecule has 150 valence electrons. The van der Waals surface area contributed by atoms with Crippen molar-refractivity contribution in [3.63, 3.8) is 0 Å². The van der Waals surface area contributed by atoms with Crippen molar-refractivity contribution >= 4 is 27.4 Å². The van der Waals surface area contributed by atoms with E-state index in [-0.39, 0.29) is 5.41 Å². The molecule has 0 spiro atoms. The molecule has 0 radical (unpaired) electrons. The van der Waals surface area contributed by atoms with Crippen molar-refractivity contribution in [3.8, 4) is 5.69 Å². The van der Waals surface area contributed by atoms with Crippen LogP contribution in [0.15, 0.2) is 36.5 Å². The summed E-state index contributed by atoms with van der Waals surface area (Å²) in [5.74, 6) is 0.777. The molecule has 5 rings (SSSR count). The minimum atomic E-state index is 0.0297. The normalized spacial score (nSPS) is 15.4. The summed E-state index contributed by atoms with van der Waals surface area (Å²) >= 11 is 1.64. The summed E-state index contributed by atoms with van der Waals surface area (Å²) in [6, 6.07) is 9.98. The molecule has 1 aromatic carbocycles. The van der Waals surface area contributed by atoms with Crippen LogP contribution >= 0.6 is 11.3 Å². The number of hydrogen-bond acceptors (Lipinski definition) is 8. The zero-order chi connectivity index (χ0) is 20.0. The van der Waals surface area contributed by atoms with E-state index in [4.69, 9.17) is 10.1 Å². The van der Waals surface area contributed by atoms with Gasteiger partial charge in [0.25, 0.3) is 0 Å². The third kappa shape index (κ3) is 3.33. The number of fused-ring (bicyclic) bond motifs is 1. The third-order valence-corrected chi connectivity index (χ3v) is 6.07. The predicted octanol–water partition coefficient (Wildman–Crippen LogP) is 2.39. The molecule has 3 aromatic heterocycles. The van der Waals surface area contributed by atoms with E-state index in [0.29, 0.717) is 0 Å². The standard InChI is InChI=1S/C19H23N9S/c1-19(2,3)15-13-27-17(20-15)29-18(22-27)26-11-9-25(10-12-26)16-21-23-24-28(16)14-7-5-4-6-8-14/h4-8,13H,9-12H2,1-3H3. The Morgan fingerprint density at radius 1 is 0.966 bits per heavy atom. The smallest absolute Gasteiger partial charge is 0.250 e. The Morgan fingerprint density at radius 3 is 2.38 bits per heavy atom. The van der Waals surface area contributed by atoms with Crippen LogP contribution in [-0.2, 0) is 5.41 Å². The number of hydrogen-bond donors (Lipinski definition) is 0. The van der Waals surface area contributed by atoms with Crippen molar-refractivity contribution in [1.29, 1.82) is 0 Å². The lowest BCUT2D eigenvalue weighted by Crippen LogP contribution is -2.47. The number of benzene rings is 1. The molecule has 0 aliphatic carbocycles. The lowest BCUT2D eigenvalue weighted by Gasteiger charge is -2.34. The lowest BCUT2D eigenvalue weighted by atomic mass is 9.93. The summed E-state index contributed by atoms with van der Waals surface area (Å²) in [5, 5.41) is 18.1. The maximum Gasteiger partial charge on any atom is 0.250 e. The van der Waals surface area contributed by atoms with Crippen molar-refractivity contribution in [2.24, 2.45) is 0 Å². The molecular weight excluding hydrogens is 386 g/mol. The van der Waals surface area contributed by atoms with Crippen LogP contribution in [0.25, 0.3) is 10.6 Å². The summed E-state index contributed by atoms with van der Waals surface area (Å²) < 4.78 is 3.70. The lowest BCUT2D eigenvalue weighted by molar-refractivity contribution is 0.572. The Hall–Kier alpha value is -3.01. The van der Waals surface area contributed by atoms with Gasteiger partial charge in [-0.3, -0.25) is 0 Å². The molecule has 0 N–H and O–H groups in total. The van der Waals surface area contributed by atoms with E-state index < -0.39 is 0 Å². The molecule has 0 bridgehead atoms. The molecular formula is C19H23N9S. The summed E-state index contributed by atoms with van der Waals surface area (Å²) in [6.07, 6.45) is 2.04. The van der Waals surface area contributed by atoms with Crippen molar-refractivity contribution in [2.45, 2.75) is 26.2 Å². The van der Waals surface area contributed by atoms with E-state index in [1.807, 2.05) is 41.0 Å². The van der Waals surface area contributed by atoms with Crippen molar-refractivity contribution < 1.29 is 0 Å². The molecule has 29 heavy (non-hydrogen) atoms. The SMILES string of the molecule is CC(C)(C)c1cn2nc(N3CCN(c4nnnn4-c4ccccc4)CC3)sc2n1. The van der Waals surface area contributed by atoms with Gasteiger partial charge in [-0.1, -0.05) is 55.4 Å². The van der Waals surface area contributed by atoms with Crippen LogP contribution in [0.4, 0.5) is 11.1 Å². The number of rotatable bonds is 3. The zero-order valence-electron chi connectivity index (χ0n) is 16.7. The van der Waals surface area contributed by atoms with E-state index in [1.165, 1.54) is 0 Å². The highest BCUT2D eigenvalue weighted by molar-refractivity contribution is 7.20. The van der Waals surface area contributed by atoms with Crippen LogP contribution < -0.4 is 9.80 Å². The van der Waals surface area contributed by atoms with Crippen LogP contribution in [-0.4, -0.2) is 61.0 Å². The van der Waals surface area contributed by atoms with Gasteiger partial charge >= 0.3 is 0 Å². The minimum Gasteiger partial charge on any atom is -0.343 e. The Labute approximate surface area is 172 Å². The minimum absolute atomic E-state index is 0.0297. The van der Waals surface area contributed by atoms with Gasteiger partial charge in [-0.25, -0.2) is 9.50 Å². The van der Waals surface area contributed by atoms with Crippen LogP contribution in [0.5, 0.6) is 0 Å². The molecule has 10 heteroatoms. The number of imidazole rings is 1. The van der Waals surface area contributed by atoms with Crippen LogP contribution in [0.3, 0.4) is 0 Å². The Morgan fingerprint density at radius 2 is 1.69 bits per heavy atom. The molecule has 4 heterocycles. The molecule has 1 aliphatic heterocycles. The molecule has 1 saturated heterocycles. The molecule has 1 aliphatic rings. The second-order valence-electron chi connectivity index (χ2n) is 8.19. The van der Waals surface area contributed by atoms with Gasteiger partial charge in [-0.2, -0.15) is 4.68 Å². The fourth-order valence-electron chi connectivity index (χ4n) is 3.39. The number of anilines is 2. The van der Waals surface area contributed by atoms with E-state index in [1.54, 1.807) is 16.0 Å². The monoisotopic (exact) mass is 409 g/mol. The Kier molecular flexibility index (Phi) is 4.23. The Bertz CT molecular complexity index is 1080. The number of nitrogens with zero attached hydrogens (tertiary/aromatic N) is 9. The van der Waals surface area contributed by atoms with Gasteiger partial charge in [-0.05, 0) is 22.6 Å². The summed E-state index contributed by atoms with van der Waals surface area (Å²) in [7, 11) is 0. The quantitative estimate of drug-likeness (QED) is 0.514. The number of tetrazole rings is 1. The Balaban J connectivity index is 1.31. The number of piperazine rings is 1. The first-order valence-electron chi connectivity index (χ1n) is 9.69. The van der Waals surface area contributed by atoms with Gasteiger partial charge in [0.05, 0.1) is 17.6 Å². The second-order valence-corrected chi connectivity index (χ2v) is 9.12. The first kappa shape index (κ1) is 18.0. The maximum atomic E-state index is 4.76. The zero-order valence-corrected chi connectivity index (χ0v) is 17.5. The first-order valence-corrected chi connectivity index (χ1v) is 10.5. The van der Waals surface area contributed by atoms with Crippen LogP contribution in [0.2, 0.25) is 0 Å². The van der Waals surface area contributed by atoms with Gasteiger partial charge in [0, 0.05) is 31.6 Å². The van der Waals surface area contributed by atoms with E-state index in [0.717, 1.165) is 53.6 Å². The van der Waals surface area contributed by atoms with Gasteiger partial charge in [0.2, 0.25) is 16.0 Å². The summed E-state index contributed by atoms with van der Waals surface area (Å²) in [5.41, 5.74) is 2.06. The van der Waals surface area contributed by atoms with Gasteiger partial charge in [0.15, 0.2) is 0 Å². The van der Waals surface area contributed by atoms with Crippen molar-refractivity contribution in [3.05, 3.63) is 42.2 Å². The molecule has 1 fully saturated rings. The highest BCUT2D eigenvalue weighted by atomic mass is 32.1. The largest absolute Gasteiger partial charge is 0.343 e. The third-order valence-electron chi connectivity index (χ3n) is 5.09. The molecule has 0 unspecified atom stereocenters. The first-order chi connectivity index (χ1) is 14.0. The number of para-hydroxylation sites is 1. The second kappa shape index (κ2) is 6.80. The molecule has 4 aromatic rings. The topological polar surface area (TPSA) is 80.3 Å². The maximum absolute atomic E-state index is 4.76. The average molecular weight is 410 g/mol. The van der Waals surface area contributed by atoms with Crippen molar-refractivity contribution in [1.82, 2.24) is 34.8 Å². The van der Waals surface area contributed by atoms with E-state index >= 15 is 0 Å². The van der Waals surface area contributed by atoms with Gasteiger partial charge < -0.3 is 9.80 Å². The van der Waals surface area contributed by atoms with E-state index in [9.17, 15) is 0 Å². The highest BCUT2D eigenvalue weighted by Crippen LogP contribution is 2.28. The van der Waals surface area contributed by atoms with Crippen LogP contribution in [0.1, 0.15) is 26.5 Å². The van der Waals surface area contributed by atoms with Crippen LogP contribution in [0, 0.1) is 0 Å². The number of aromatic nitrogens is 7. The molecule has 0 saturated carbocycles. The van der Waals surface area contributed by atoms with Gasteiger partial charge in [0.1, 0.15) is 0 Å².